The van der Waals surface area contributed by atoms with Crippen molar-refractivity contribution in [1.29, 1.82) is 0 Å². The van der Waals surface area contributed by atoms with E-state index >= 15 is 0 Å². The largest absolute Gasteiger partial charge is 0.480 e. The van der Waals surface area contributed by atoms with Gasteiger partial charge in [0.25, 0.3) is 0 Å². The Morgan fingerprint density at radius 2 is 2.16 bits per heavy atom. The Bertz CT molecular complexity index is 320. The Balaban J connectivity index is 2.82. The van der Waals surface area contributed by atoms with Crippen LogP contribution in [-0.4, -0.2) is 36.4 Å². The van der Waals surface area contributed by atoms with Gasteiger partial charge in [-0.2, -0.15) is 0 Å². The Kier molecular flexibility index (Phi) is 5.79. The van der Waals surface area contributed by atoms with E-state index in [2.05, 4.69) is 0 Å². The zero-order chi connectivity index (χ0) is 14.5. The standard InChI is InChI=1S/C14H24O5/c1-4-18-13(17)14(10(2)3,12(15)16)8-7-11-6-5-9-19-11/h10-11H,4-9H2,1-3H3,(H,15,16). The first-order chi connectivity index (χ1) is 8.95. The number of carboxylic acid groups (broad SMARTS) is 1. The third-order valence-corrected chi connectivity index (χ3v) is 3.89. The fourth-order valence-corrected chi connectivity index (χ4v) is 2.59. The van der Waals surface area contributed by atoms with E-state index in [1.165, 1.54) is 0 Å². The summed E-state index contributed by atoms with van der Waals surface area (Å²) < 4.78 is 10.5. The van der Waals surface area contributed by atoms with E-state index in [-0.39, 0.29) is 25.0 Å². The Hall–Kier alpha value is -1.10. The third-order valence-electron chi connectivity index (χ3n) is 3.89. The predicted octanol–water partition coefficient (Wildman–Crippen LogP) is 2.24. The minimum Gasteiger partial charge on any atom is -0.480 e. The number of hydrogen-bond acceptors (Lipinski definition) is 4. The monoisotopic (exact) mass is 272 g/mol. The van der Waals surface area contributed by atoms with Crippen LogP contribution in [0, 0.1) is 11.3 Å². The lowest BCUT2D eigenvalue weighted by atomic mass is 9.73. The second-order valence-electron chi connectivity index (χ2n) is 5.33. The van der Waals surface area contributed by atoms with Crippen LogP contribution in [0.2, 0.25) is 0 Å². The number of carboxylic acids is 1. The van der Waals surface area contributed by atoms with Gasteiger partial charge in [0, 0.05) is 6.61 Å². The van der Waals surface area contributed by atoms with Gasteiger partial charge in [0.05, 0.1) is 12.7 Å². The summed E-state index contributed by atoms with van der Waals surface area (Å²) in [6, 6.07) is 0. The minimum absolute atomic E-state index is 0.0758. The highest BCUT2D eigenvalue weighted by molar-refractivity contribution is 5.99. The number of hydrogen-bond donors (Lipinski definition) is 1. The molecule has 0 aromatic rings. The van der Waals surface area contributed by atoms with Gasteiger partial charge in [-0.05, 0) is 38.5 Å². The van der Waals surface area contributed by atoms with Crippen LogP contribution in [0.1, 0.15) is 46.5 Å². The van der Waals surface area contributed by atoms with Crippen molar-refractivity contribution in [3.8, 4) is 0 Å². The van der Waals surface area contributed by atoms with E-state index in [0.717, 1.165) is 19.4 Å². The summed E-state index contributed by atoms with van der Waals surface area (Å²) >= 11 is 0. The number of ether oxygens (including phenoxy) is 2. The molecule has 1 aliphatic rings. The summed E-state index contributed by atoms with van der Waals surface area (Å²) in [5.41, 5.74) is -1.46. The number of carbonyl (C=O) groups excluding carboxylic acids is 1. The first-order valence-electron chi connectivity index (χ1n) is 6.97. The Morgan fingerprint density at radius 3 is 2.58 bits per heavy atom. The van der Waals surface area contributed by atoms with E-state index < -0.39 is 17.4 Å². The van der Waals surface area contributed by atoms with Gasteiger partial charge in [-0.15, -0.1) is 0 Å². The van der Waals surface area contributed by atoms with Crippen molar-refractivity contribution in [2.75, 3.05) is 13.2 Å². The second kappa shape index (κ2) is 6.89. The molecule has 1 rings (SSSR count). The van der Waals surface area contributed by atoms with Crippen molar-refractivity contribution in [1.82, 2.24) is 0 Å². The maximum atomic E-state index is 12.1. The minimum atomic E-state index is -1.46. The summed E-state index contributed by atoms with van der Waals surface area (Å²) in [5.74, 6) is -2.04. The van der Waals surface area contributed by atoms with E-state index in [4.69, 9.17) is 9.47 Å². The van der Waals surface area contributed by atoms with Crippen LogP contribution in [0.5, 0.6) is 0 Å². The second-order valence-corrected chi connectivity index (χ2v) is 5.33. The molecule has 0 saturated carbocycles. The lowest BCUT2D eigenvalue weighted by Crippen LogP contribution is -2.45. The van der Waals surface area contributed by atoms with Crippen LogP contribution in [0.15, 0.2) is 0 Å². The molecule has 19 heavy (non-hydrogen) atoms. The van der Waals surface area contributed by atoms with Crippen molar-refractivity contribution < 1.29 is 24.2 Å². The fourth-order valence-electron chi connectivity index (χ4n) is 2.59. The van der Waals surface area contributed by atoms with Crippen molar-refractivity contribution in [2.24, 2.45) is 11.3 Å². The Labute approximate surface area is 114 Å². The summed E-state index contributed by atoms with van der Waals surface area (Å²) in [6.45, 7) is 6.11. The molecule has 0 bridgehead atoms. The molecule has 0 aromatic carbocycles. The molecule has 0 aromatic heterocycles. The molecule has 1 fully saturated rings. The molecule has 110 valence electrons. The maximum absolute atomic E-state index is 12.1. The number of esters is 1. The molecule has 0 aliphatic carbocycles. The average Bonchev–Trinajstić information content (AvgIpc) is 2.82. The smallest absolute Gasteiger partial charge is 0.323 e. The molecule has 2 atom stereocenters. The molecule has 1 heterocycles. The zero-order valence-electron chi connectivity index (χ0n) is 12.0. The normalized spacial score (nSPS) is 22.2. The van der Waals surface area contributed by atoms with E-state index in [9.17, 15) is 14.7 Å². The molecular formula is C14H24O5. The molecule has 1 saturated heterocycles. The van der Waals surface area contributed by atoms with Crippen molar-refractivity contribution in [3.05, 3.63) is 0 Å². The van der Waals surface area contributed by atoms with E-state index in [1.807, 2.05) is 0 Å². The van der Waals surface area contributed by atoms with Crippen molar-refractivity contribution in [3.63, 3.8) is 0 Å². The highest BCUT2D eigenvalue weighted by Gasteiger charge is 2.50. The fraction of sp³-hybridized carbons (Fsp3) is 0.857. The lowest BCUT2D eigenvalue weighted by Gasteiger charge is -2.31. The van der Waals surface area contributed by atoms with Crippen LogP contribution in [0.4, 0.5) is 0 Å². The van der Waals surface area contributed by atoms with Crippen molar-refractivity contribution >= 4 is 11.9 Å². The molecule has 0 spiro atoms. The van der Waals surface area contributed by atoms with Crippen LogP contribution in [0.3, 0.4) is 0 Å². The van der Waals surface area contributed by atoms with E-state index in [1.54, 1.807) is 20.8 Å². The van der Waals surface area contributed by atoms with Gasteiger partial charge in [0.2, 0.25) is 0 Å². The van der Waals surface area contributed by atoms with Gasteiger partial charge in [-0.25, -0.2) is 0 Å². The highest BCUT2D eigenvalue weighted by Crippen LogP contribution is 2.36. The third kappa shape index (κ3) is 3.47. The first-order valence-corrected chi connectivity index (χ1v) is 6.97. The van der Waals surface area contributed by atoms with Crippen LogP contribution in [0.25, 0.3) is 0 Å². The SMILES string of the molecule is CCOC(=O)C(CCC1CCCO1)(C(=O)O)C(C)C. The summed E-state index contributed by atoms with van der Waals surface area (Å²) in [6.07, 6.45) is 2.88. The molecule has 2 unspecified atom stereocenters. The number of aliphatic carboxylic acids is 1. The zero-order valence-corrected chi connectivity index (χ0v) is 12.0. The lowest BCUT2D eigenvalue weighted by molar-refractivity contribution is -0.173. The van der Waals surface area contributed by atoms with Gasteiger partial charge in [0.15, 0.2) is 5.41 Å². The van der Waals surface area contributed by atoms with Gasteiger partial charge in [-0.3, -0.25) is 9.59 Å². The highest BCUT2D eigenvalue weighted by atomic mass is 16.5. The van der Waals surface area contributed by atoms with Crippen LogP contribution < -0.4 is 0 Å². The molecular weight excluding hydrogens is 248 g/mol. The van der Waals surface area contributed by atoms with Gasteiger partial charge < -0.3 is 14.6 Å². The molecule has 1 aliphatic heterocycles. The van der Waals surface area contributed by atoms with Crippen LogP contribution >= 0.6 is 0 Å². The molecule has 0 radical (unpaired) electrons. The molecule has 0 amide bonds. The van der Waals surface area contributed by atoms with Gasteiger partial charge in [-0.1, -0.05) is 13.8 Å². The van der Waals surface area contributed by atoms with E-state index in [0.29, 0.717) is 6.42 Å². The Morgan fingerprint density at radius 1 is 1.47 bits per heavy atom. The van der Waals surface area contributed by atoms with Gasteiger partial charge in [0.1, 0.15) is 0 Å². The topological polar surface area (TPSA) is 72.8 Å². The summed E-state index contributed by atoms with van der Waals surface area (Å²) in [7, 11) is 0. The van der Waals surface area contributed by atoms with Crippen molar-refractivity contribution in [2.45, 2.75) is 52.6 Å². The first kappa shape index (κ1) is 16.0. The molecule has 5 nitrogen and oxygen atoms in total. The quantitative estimate of drug-likeness (QED) is 0.568. The summed E-state index contributed by atoms with van der Waals surface area (Å²) in [5, 5.41) is 9.52. The molecule has 1 N–H and O–H groups in total. The number of carbonyl (C=O) groups is 2. The van der Waals surface area contributed by atoms with Crippen LogP contribution in [-0.2, 0) is 19.1 Å². The average molecular weight is 272 g/mol. The van der Waals surface area contributed by atoms with Gasteiger partial charge >= 0.3 is 11.9 Å². The maximum Gasteiger partial charge on any atom is 0.323 e. The molecule has 5 heteroatoms. The predicted molar refractivity (Wildman–Crippen MR) is 69.7 cm³/mol. The number of rotatable bonds is 7. The summed E-state index contributed by atoms with van der Waals surface area (Å²) in [4.78, 5) is 23.8.